The van der Waals surface area contributed by atoms with Gasteiger partial charge in [-0.1, -0.05) is 41.9 Å². The van der Waals surface area contributed by atoms with Crippen LogP contribution in [0, 0.1) is 6.92 Å². The van der Waals surface area contributed by atoms with E-state index in [9.17, 15) is 4.79 Å². The van der Waals surface area contributed by atoms with Crippen molar-refractivity contribution < 1.29 is 4.79 Å². The van der Waals surface area contributed by atoms with Crippen LogP contribution in [0.3, 0.4) is 0 Å². The van der Waals surface area contributed by atoms with Gasteiger partial charge in [0, 0.05) is 16.3 Å². The molecule has 0 atom stereocenters. The molecule has 0 fully saturated rings. The van der Waals surface area contributed by atoms with Crippen LogP contribution in [-0.4, -0.2) is 10.9 Å². The zero-order chi connectivity index (χ0) is 16.2. The van der Waals surface area contributed by atoms with Crippen LogP contribution in [-0.2, 0) is 0 Å². The van der Waals surface area contributed by atoms with E-state index in [4.69, 9.17) is 11.6 Å². The van der Waals surface area contributed by atoms with E-state index in [0.29, 0.717) is 16.4 Å². The molecule has 114 valence electrons. The quantitative estimate of drug-likeness (QED) is 0.740. The number of hydrogen-bond donors (Lipinski definition) is 1. The smallest absolute Gasteiger partial charge is 0.256 e. The van der Waals surface area contributed by atoms with Crippen LogP contribution < -0.4 is 5.32 Å². The van der Waals surface area contributed by atoms with Gasteiger partial charge in [-0.25, -0.2) is 4.98 Å². The van der Waals surface area contributed by atoms with Crippen molar-refractivity contribution in [2.45, 2.75) is 6.92 Å². The lowest BCUT2D eigenvalue weighted by Gasteiger charge is -2.07. The van der Waals surface area contributed by atoms with E-state index in [2.05, 4.69) is 10.3 Å². The minimum absolute atomic E-state index is 0.180. The summed E-state index contributed by atoms with van der Waals surface area (Å²) < 4.78 is 0. The minimum atomic E-state index is -0.180. The molecule has 0 spiro atoms. The zero-order valence-corrected chi connectivity index (χ0v) is 13.3. The van der Waals surface area contributed by atoms with E-state index in [1.807, 2.05) is 55.5 Å². The first-order valence-corrected chi connectivity index (χ1v) is 7.61. The lowest BCUT2D eigenvalue weighted by atomic mass is 10.0. The van der Waals surface area contributed by atoms with Crippen LogP contribution in [0.4, 0.5) is 5.82 Å². The topological polar surface area (TPSA) is 42.0 Å². The molecular weight excluding hydrogens is 308 g/mol. The summed E-state index contributed by atoms with van der Waals surface area (Å²) in [6.07, 6.45) is 0. The SMILES string of the molecule is Cc1cccc(NC(=O)c2ccc(-c3cccc(Cl)c3)cc2)n1. The lowest BCUT2D eigenvalue weighted by Crippen LogP contribution is -2.12. The second-order valence-electron chi connectivity index (χ2n) is 5.21. The van der Waals surface area contributed by atoms with E-state index < -0.39 is 0 Å². The first-order chi connectivity index (χ1) is 11.1. The van der Waals surface area contributed by atoms with Gasteiger partial charge >= 0.3 is 0 Å². The molecule has 1 amide bonds. The summed E-state index contributed by atoms with van der Waals surface area (Å²) in [6.45, 7) is 1.88. The molecule has 3 nitrogen and oxygen atoms in total. The molecule has 1 heterocycles. The Kier molecular flexibility index (Phi) is 4.40. The number of hydrogen-bond acceptors (Lipinski definition) is 2. The van der Waals surface area contributed by atoms with Crippen molar-refractivity contribution >= 4 is 23.3 Å². The maximum atomic E-state index is 12.3. The Morgan fingerprint density at radius 1 is 0.957 bits per heavy atom. The van der Waals surface area contributed by atoms with E-state index in [0.717, 1.165) is 16.8 Å². The van der Waals surface area contributed by atoms with Gasteiger partial charge in [0.25, 0.3) is 5.91 Å². The number of nitrogens with zero attached hydrogens (tertiary/aromatic N) is 1. The molecule has 3 rings (SSSR count). The summed E-state index contributed by atoms with van der Waals surface area (Å²) in [5.41, 5.74) is 3.47. The number of aryl methyl sites for hydroxylation is 1. The maximum absolute atomic E-state index is 12.3. The number of carbonyl (C=O) groups is 1. The van der Waals surface area contributed by atoms with Gasteiger partial charge in [-0.3, -0.25) is 4.79 Å². The number of carbonyl (C=O) groups excluding carboxylic acids is 1. The molecular formula is C19H15ClN2O. The third-order valence-electron chi connectivity index (χ3n) is 3.43. The third kappa shape index (κ3) is 3.76. The molecule has 1 aromatic heterocycles. The summed E-state index contributed by atoms with van der Waals surface area (Å²) in [4.78, 5) is 16.5. The average Bonchev–Trinajstić information content (AvgIpc) is 2.55. The van der Waals surface area contributed by atoms with Crippen LogP contribution >= 0.6 is 11.6 Å². The summed E-state index contributed by atoms with van der Waals surface area (Å²) in [6, 6.07) is 20.5. The molecule has 0 aliphatic carbocycles. The van der Waals surface area contributed by atoms with Crippen molar-refractivity contribution in [1.29, 1.82) is 0 Å². The van der Waals surface area contributed by atoms with Crippen molar-refractivity contribution in [2.75, 3.05) is 5.32 Å². The van der Waals surface area contributed by atoms with Crippen LogP contribution in [0.15, 0.2) is 66.7 Å². The fraction of sp³-hybridized carbons (Fsp3) is 0.0526. The van der Waals surface area contributed by atoms with Crippen molar-refractivity contribution in [1.82, 2.24) is 4.98 Å². The summed E-state index contributed by atoms with van der Waals surface area (Å²) in [5, 5.41) is 3.49. The summed E-state index contributed by atoms with van der Waals surface area (Å²) in [5.74, 6) is 0.370. The highest BCUT2D eigenvalue weighted by Gasteiger charge is 2.07. The molecule has 23 heavy (non-hydrogen) atoms. The van der Waals surface area contributed by atoms with Gasteiger partial charge < -0.3 is 5.32 Å². The van der Waals surface area contributed by atoms with E-state index >= 15 is 0 Å². The number of aromatic nitrogens is 1. The van der Waals surface area contributed by atoms with E-state index in [-0.39, 0.29) is 5.91 Å². The first-order valence-electron chi connectivity index (χ1n) is 7.23. The standard InChI is InChI=1S/C19H15ClN2O/c1-13-4-2-7-18(21-13)22-19(23)15-10-8-14(9-11-15)16-5-3-6-17(20)12-16/h2-12H,1H3,(H,21,22,23). The van der Waals surface area contributed by atoms with Crippen LogP contribution in [0.5, 0.6) is 0 Å². The Labute approximate surface area is 140 Å². The lowest BCUT2D eigenvalue weighted by molar-refractivity contribution is 0.102. The highest BCUT2D eigenvalue weighted by Crippen LogP contribution is 2.23. The fourth-order valence-corrected chi connectivity index (χ4v) is 2.47. The van der Waals surface area contributed by atoms with Crippen molar-refractivity contribution in [2.24, 2.45) is 0 Å². The largest absolute Gasteiger partial charge is 0.307 e. The predicted octanol–water partition coefficient (Wildman–Crippen LogP) is 4.96. The molecule has 0 saturated carbocycles. The molecule has 4 heteroatoms. The predicted molar refractivity (Wildman–Crippen MR) is 93.8 cm³/mol. The second-order valence-corrected chi connectivity index (χ2v) is 5.64. The molecule has 0 aliphatic rings. The van der Waals surface area contributed by atoms with Gasteiger partial charge in [0.2, 0.25) is 0 Å². The fourth-order valence-electron chi connectivity index (χ4n) is 2.28. The van der Waals surface area contributed by atoms with Gasteiger partial charge in [-0.05, 0) is 54.4 Å². The number of halogens is 1. The Hall–Kier alpha value is -2.65. The normalized spacial score (nSPS) is 10.3. The van der Waals surface area contributed by atoms with Gasteiger partial charge in [-0.2, -0.15) is 0 Å². The number of pyridine rings is 1. The number of amides is 1. The highest BCUT2D eigenvalue weighted by atomic mass is 35.5. The molecule has 0 aliphatic heterocycles. The number of rotatable bonds is 3. The summed E-state index contributed by atoms with van der Waals surface area (Å²) in [7, 11) is 0. The van der Waals surface area contributed by atoms with Crippen LogP contribution in [0.2, 0.25) is 5.02 Å². The van der Waals surface area contributed by atoms with Gasteiger partial charge in [-0.15, -0.1) is 0 Å². The first kappa shape index (κ1) is 15.3. The Morgan fingerprint density at radius 3 is 2.39 bits per heavy atom. The molecule has 0 radical (unpaired) electrons. The number of benzene rings is 2. The average molecular weight is 323 g/mol. The zero-order valence-electron chi connectivity index (χ0n) is 12.6. The molecule has 3 aromatic rings. The molecule has 1 N–H and O–H groups in total. The summed E-state index contributed by atoms with van der Waals surface area (Å²) >= 11 is 6.01. The molecule has 2 aromatic carbocycles. The molecule has 0 saturated heterocycles. The van der Waals surface area contributed by atoms with Crippen LogP contribution in [0.1, 0.15) is 16.1 Å². The Morgan fingerprint density at radius 2 is 1.70 bits per heavy atom. The Bertz CT molecular complexity index is 844. The monoisotopic (exact) mass is 322 g/mol. The van der Waals surface area contributed by atoms with Gasteiger partial charge in [0.15, 0.2) is 0 Å². The van der Waals surface area contributed by atoms with E-state index in [1.54, 1.807) is 18.2 Å². The number of nitrogens with one attached hydrogen (secondary N) is 1. The second kappa shape index (κ2) is 6.63. The van der Waals surface area contributed by atoms with Crippen molar-refractivity contribution in [3.63, 3.8) is 0 Å². The molecule has 0 bridgehead atoms. The Balaban J connectivity index is 1.78. The third-order valence-corrected chi connectivity index (χ3v) is 3.67. The van der Waals surface area contributed by atoms with E-state index in [1.165, 1.54) is 0 Å². The van der Waals surface area contributed by atoms with Gasteiger partial charge in [0.1, 0.15) is 5.82 Å². The highest BCUT2D eigenvalue weighted by molar-refractivity contribution is 6.30. The number of anilines is 1. The van der Waals surface area contributed by atoms with Gasteiger partial charge in [0.05, 0.1) is 0 Å². The van der Waals surface area contributed by atoms with Crippen molar-refractivity contribution in [3.05, 3.63) is 83.0 Å². The molecule has 0 unspecified atom stereocenters. The minimum Gasteiger partial charge on any atom is -0.307 e. The maximum Gasteiger partial charge on any atom is 0.256 e. The van der Waals surface area contributed by atoms with Crippen LogP contribution in [0.25, 0.3) is 11.1 Å². The van der Waals surface area contributed by atoms with Crippen molar-refractivity contribution in [3.8, 4) is 11.1 Å².